The summed E-state index contributed by atoms with van der Waals surface area (Å²) in [6.45, 7) is 5.15. The van der Waals surface area contributed by atoms with E-state index in [0.717, 1.165) is 10.0 Å². The first kappa shape index (κ1) is 28.6. The number of anilines is 2. The zero-order chi connectivity index (χ0) is 27.8. The van der Waals surface area contributed by atoms with Gasteiger partial charge >= 0.3 is 5.97 Å². The predicted octanol–water partition coefficient (Wildman–Crippen LogP) is 6.09. The molecular weight excluding hydrogens is 617 g/mol. The minimum atomic E-state index is -3.93. The number of sulfone groups is 1. The van der Waals surface area contributed by atoms with E-state index in [0.29, 0.717) is 15.7 Å². The fraction of sp³-hybridized carbons (Fsp3) is 0.346. The Morgan fingerprint density at radius 1 is 1.13 bits per heavy atom. The third-order valence-electron chi connectivity index (χ3n) is 6.12. The van der Waals surface area contributed by atoms with Crippen LogP contribution in [0.3, 0.4) is 0 Å². The standard InChI is InChI=1S/C26H26BrCl2N3O5S/c1-16(2)37-23(33)5-4-10-38(35,36)22-15-30-25-31(21-12-19(28)11-20(29)13-21)24(34)26(3,32(22)25)14-17-6-8-18(27)9-7-17/h6-9,11-13,15-16H,4-5,10,14H2,1-3H3. The number of hydrogen-bond acceptors (Lipinski definition) is 6. The fourth-order valence-electron chi connectivity index (χ4n) is 4.48. The van der Waals surface area contributed by atoms with Crippen molar-refractivity contribution in [2.24, 2.45) is 0 Å². The molecule has 1 atom stereocenters. The summed E-state index contributed by atoms with van der Waals surface area (Å²) in [5.74, 6) is -1.01. The van der Waals surface area contributed by atoms with Gasteiger partial charge in [-0.15, -0.1) is 0 Å². The molecule has 0 saturated carbocycles. The normalized spacial score (nSPS) is 17.2. The minimum Gasteiger partial charge on any atom is -0.463 e. The monoisotopic (exact) mass is 641 g/mol. The lowest BCUT2D eigenvalue weighted by Crippen LogP contribution is -2.42. The number of carbonyl (C=O) groups is 2. The van der Waals surface area contributed by atoms with Gasteiger partial charge < -0.3 is 4.74 Å². The van der Waals surface area contributed by atoms with Crippen LogP contribution in [0.15, 0.2) is 58.2 Å². The van der Waals surface area contributed by atoms with Crippen LogP contribution in [0.2, 0.25) is 10.0 Å². The lowest BCUT2D eigenvalue weighted by molar-refractivity contribution is -0.147. The summed E-state index contributed by atoms with van der Waals surface area (Å²) in [6.07, 6.45) is 1.20. The van der Waals surface area contributed by atoms with E-state index in [-0.39, 0.29) is 48.0 Å². The molecule has 4 rings (SSSR count). The number of esters is 1. The van der Waals surface area contributed by atoms with E-state index >= 15 is 0 Å². The number of hydrogen-bond donors (Lipinski definition) is 0. The zero-order valence-corrected chi connectivity index (χ0v) is 24.9. The fourth-order valence-corrected chi connectivity index (χ4v) is 6.77. The van der Waals surface area contributed by atoms with Crippen LogP contribution in [0.4, 0.5) is 11.6 Å². The molecular formula is C26H26BrCl2N3O5S. The van der Waals surface area contributed by atoms with Crippen LogP contribution in [0.1, 0.15) is 39.2 Å². The highest BCUT2D eigenvalue weighted by Crippen LogP contribution is 2.44. The first-order chi connectivity index (χ1) is 17.8. The second-order valence-electron chi connectivity index (χ2n) is 9.54. The van der Waals surface area contributed by atoms with Crippen molar-refractivity contribution < 1.29 is 22.7 Å². The highest BCUT2D eigenvalue weighted by molar-refractivity contribution is 9.10. The van der Waals surface area contributed by atoms with Crippen LogP contribution >= 0.6 is 39.1 Å². The Labute approximate surface area is 239 Å². The van der Waals surface area contributed by atoms with Crippen LogP contribution in [-0.4, -0.2) is 41.7 Å². The summed E-state index contributed by atoms with van der Waals surface area (Å²) in [6, 6.07) is 12.1. The van der Waals surface area contributed by atoms with Gasteiger partial charge in [0, 0.05) is 27.4 Å². The van der Waals surface area contributed by atoms with Gasteiger partial charge in [-0.25, -0.2) is 18.3 Å². The molecule has 2 heterocycles. The van der Waals surface area contributed by atoms with Gasteiger partial charge in [0.25, 0.3) is 5.91 Å². The summed E-state index contributed by atoms with van der Waals surface area (Å²) in [4.78, 5) is 31.7. The van der Waals surface area contributed by atoms with Crippen LogP contribution in [0.5, 0.6) is 0 Å². The van der Waals surface area contributed by atoms with E-state index in [4.69, 9.17) is 27.9 Å². The van der Waals surface area contributed by atoms with Gasteiger partial charge in [0.1, 0.15) is 5.54 Å². The van der Waals surface area contributed by atoms with Crippen molar-refractivity contribution in [3.05, 3.63) is 68.7 Å². The third-order valence-corrected chi connectivity index (χ3v) is 8.83. The molecule has 1 amide bonds. The quantitative estimate of drug-likeness (QED) is 0.262. The lowest BCUT2D eigenvalue weighted by atomic mass is 9.92. The molecule has 0 N–H and O–H groups in total. The Bertz CT molecular complexity index is 1470. The number of halogens is 3. The van der Waals surface area contributed by atoms with E-state index in [1.807, 2.05) is 24.3 Å². The van der Waals surface area contributed by atoms with Crippen molar-refractivity contribution in [1.82, 2.24) is 9.55 Å². The first-order valence-corrected chi connectivity index (χ1v) is 15.1. The molecule has 0 radical (unpaired) electrons. The summed E-state index contributed by atoms with van der Waals surface area (Å²) in [5.41, 5.74) is -0.123. The highest BCUT2D eigenvalue weighted by atomic mass is 79.9. The summed E-state index contributed by atoms with van der Waals surface area (Å²) < 4.78 is 34.5. The first-order valence-electron chi connectivity index (χ1n) is 11.9. The molecule has 2 aromatic carbocycles. The second kappa shape index (κ2) is 11.0. The number of ether oxygens (including phenoxy) is 1. The number of fused-ring (bicyclic) bond motifs is 1. The van der Waals surface area contributed by atoms with Gasteiger partial charge in [-0.2, -0.15) is 0 Å². The molecule has 1 aromatic heterocycles. The molecule has 0 saturated heterocycles. The Morgan fingerprint density at radius 2 is 1.76 bits per heavy atom. The van der Waals surface area contributed by atoms with Crippen LogP contribution in [0, 0.1) is 0 Å². The summed E-state index contributed by atoms with van der Waals surface area (Å²) in [7, 11) is -3.93. The third kappa shape index (κ3) is 5.78. The van der Waals surface area contributed by atoms with Gasteiger partial charge in [-0.05, 0) is 63.1 Å². The Morgan fingerprint density at radius 3 is 2.37 bits per heavy atom. The highest BCUT2D eigenvalue weighted by Gasteiger charge is 2.51. The Kier molecular flexibility index (Phi) is 8.28. The average molecular weight is 643 g/mol. The van der Waals surface area contributed by atoms with Gasteiger partial charge in [-0.3, -0.25) is 14.2 Å². The largest absolute Gasteiger partial charge is 0.463 e. The molecule has 0 fully saturated rings. The maximum atomic E-state index is 14.0. The van der Waals surface area contributed by atoms with E-state index < -0.39 is 21.3 Å². The number of amides is 1. The van der Waals surface area contributed by atoms with E-state index in [1.165, 1.54) is 15.7 Å². The number of benzene rings is 2. The lowest BCUT2D eigenvalue weighted by Gasteiger charge is -2.26. The molecule has 38 heavy (non-hydrogen) atoms. The van der Waals surface area contributed by atoms with E-state index in [9.17, 15) is 18.0 Å². The Hall–Kier alpha value is -2.40. The molecule has 0 spiro atoms. The maximum absolute atomic E-state index is 14.0. The van der Waals surface area contributed by atoms with Crippen molar-refractivity contribution >= 4 is 72.5 Å². The van der Waals surface area contributed by atoms with Gasteiger partial charge in [0.15, 0.2) is 14.9 Å². The van der Waals surface area contributed by atoms with E-state index in [1.54, 1.807) is 39.0 Å². The van der Waals surface area contributed by atoms with Crippen molar-refractivity contribution in [3.8, 4) is 0 Å². The molecule has 0 aliphatic carbocycles. The van der Waals surface area contributed by atoms with Gasteiger partial charge in [0.05, 0.1) is 23.7 Å². The number of nitrogens with zero attached hydrogens (tertiary/aromatic N) is 3. The van der Waals surface area contributed by atoms with Crippen molar-refractivity contribution in [3.63, 3.8) is 0 Å². The van der Waals surface area contributed by atoms with Crippen LogP contribution in [0.25, 0.3) is 0 Å². The topological polar surface area (TPSA) is 98.6 Å². The smallest absolute Gasteiger partial charge is 0.306 e. The van der Waals surface area contributed by atoms with Crippen molar-refractivity contribution in [2.45, 2.75) is 56.7 Å². The predicted molar refractivity (Wildman–Crippen MR) is 150 cm³/mol. The molecule has 1 unspecified atom stereocenters. The van der Waals surface area contributed by atoms with Crippen LogP contribution in [-0.2, 0) is 36.1 Å². The minimum absolute atomic E-state index is 0.0410. The van der Waals surface area contributed by atoms with Gasteiger partial charge in [0.2, 0.25) is 5.95 Å². The average Bonchev–Trinajstić information content (AvgIpc) is 3.33. The van der Waals surface area contributed by atoms with Crippen molar-refractivity contribution in [2.75, 3.05) is 10.7 Å². The Balaban J connectivity index is 1.76. The summed E-state index contributed by atoms with van der Waals surface area (Å²) in [5, 5.41) is 0.537. The number of imidazole rings is 1. The molecule has 12 heteroatoms. The maximum Gasteiger partial charge on any atom is 0.306 e. The molecule has 0 bridgehead atoms. The SMILES string of the molecule is CC(C)OC(=O)CCCS(=O)(=O)c1cnc2n1C(C)(Cc1ccc(Br)cc1)C(=O)N2c1cc(Cl)cc(Cl)c1. The van der Waals surface area contributed by atoms with Crippen LogP contribution < -0.4 is 4.90 Å². The molecule has 202 valence electrons. The molecule has 1 aliphatic rings. The number of aromatic nitrogens is 2. The van der Waals surface area contributed by atoms with E-state index in [2.05, 4.69) is 20.9 Å². The molecule has 1 aliphatic heterocycles. The molecule has 8 nitrogen and oxygen atoms in total. The number of rotatable bonds is 9. The number of carbonyl (C=O) groups excluding carboxylic acids is 2. The van der Waals surface area contributed by atoms with Gasteiger partial charge in [-0.1, -0.05) is 51.3 Å². The summed E-state index contributed by atoms with van der Waals surface area (Å²) >= 11 is 15.9. The zero-order valence-electron chi connectivity index (χ0n) is 20.9. The second-order valence-corrected chi connectivity index (χ2v) is 13.4. The molecule has 3 aromatic rings. The van der Waals surface area contributed by atoms with Crippen molar-refractivity contribution in [1.29, 1.82) is 0 Å².